The maximum Gasteiger partial charge on any atom is 0.322 e. The lowest BCUT2D eigenvalue weighted by Crippen LogP contribution is -2.50. The maximum absolute atomic E-state index is 12.2. The number of rotatable bonds is 0. The zero-order chi connectivity index (χ0) is 13.3. The summed E-state index contributed by atoms with van der Waals surface area (Å²) in [6.45, 7) is 9.05. The minimum absolute atomic E-state index is 0.0716. The Bertz CT molecular complexity index is 463. The molecule has 2 rings (SSSR count). The van der Waals surface area contributed by atoms with E-state index in [0.717, 1.165) is 17.0 Å². The number of hydrogen-bond acceptors (Lipinski definition) is 2. The summed E-state index contributed by atoms with van der Waals surface area (Å²) in [7, 11) is 0. The fourth-order valence-electron chi connectivity index (χ4n) is 1.93. The van der Waals surface area contributed by atoms with Crippen molar-refractivity contribution >= 4 is 11.7 Å². The smallest absolute Gasteiger partial charge is 0.322 e. The van der Waals surface area contributed by atoms with Gasteiger partial charge in [0.2, 0.25) is 0 Å². The number of aryl methyl sites for hydroxylation is 1. The van der Waals surface area contributed by atoms with Gasteiger partial charge in [-0.3, -0.25) is 4.90 Å². The number of benzene rings is 1. The fourth-order valence-corrected chi connectivity index (χ4v) is 1.93. The Labute approximate surface area is 108 Å². The third-order valence-electron chi connectivity index (χ3n) is 2.70. The van der Waals surface area contributed by atoms with Gasteiger partial charge in [-0.05, 0) is 45.4 Å². The first kappa shape index (κ1) is 12.7. The highest BCUT2D eigenvalue weighted by molar-refractivity contribution is 5.94. The molecule has 1 N–H and O–H groups in total. The Morgan fingerprint density at radius 2 is 2.11 bits per heavy atom. The number of carbonyl (C=O) groups excluding carboxylic acids is 1. The third-order valence-corrected chi connectivity index (χ3v) is 2.70. The summed E-state index contributed by atoms with van der Waals surface area (Å²) in [6.07, 6.45) is 0. The minimum atomic E-state index is -0.237. The first-order valence-corrected chi connectivity index (χ1v) is 6.20. The van der Waals surface area contributed by atoms with Crippen molar-refractivity contribution < 1.29 is 9.53 Å². The average molecular weight is 248 g/mol. The van der Waals surface area contributed by atoms with E-state index in [2.05, 4.69) is 5.32 Å². The number of nitrogens with one attached hydrogen (secondary N) is 1. The van der Waals surface area contributed by atoms with Crippen LogP contribution in [-0.4, -0.2) is 24.7 Å². The summed E-state index contributed by atoms with van der Waals surface area (Å²) in [5.74, 6) is 0.774. The molecule has 0 saturated carbocycles. The lowest BCUT2D eigenvalue weighted by Gasteiger charge is -2.32. The number of ether oxygens (including phenoxy) is 1. The molecule has 4 heteroatoms. The molecule has 0 spiro atoms. The highest BCUT2D eigenvalue weighted by Crippen LogP contribution is 2.32. The maximum atomic E-state index is 12.2. The Balaban J connectivity index is 2.27. The molecule has 1 aromatic carbocycles. The van der Waals surface area contributed by atoms with Crippen molar-refractivity contribution in [3.05, 3.63) is 23.8 Å². The number of hydrogen-bond donors (Lipinski definition) is 1. The second-order valence-corrected chi connectivity index (χ2v) is 5.65. The molecule has 0 atom stereocenters. The third kappa shape index (κ3) is 2.75. The van der Waals surface area contributed by atoms with Crippen LogP contribution >= 0.6 is 0 Å². The molecule has 0 aliphatic carbocycles. The van der Waals surface area contributed by atoms with E-state index in [1.165, 1.54) is 0 Å². The van der Waals surface area contributed by atoms with Crippen LogP contribution in [0.3, 0.4) is 0 Å². The second-order valence-electron chi connectivity index (χ2n) is 5.65. The molecule has 1 aromatic rings. The summed E-state index contributed by atoms with van der Waals surface area (Å²) in [5.41, 5.74) is 1.73. The molecule has 0 radical (unpaired) electrons. The molecule has 0 aromatic heterocycles. The van der Waals surface area contributed by atoms with E-state index in [-0.39, 0.29) is 11.6 Å². The molecule has 4 nitrogen and oxygen atoms in total. The van der Waals surface area contributed by atoms with Crippen molar-refractivity contribution in [1.29, 1.82) is 0 Å². The minimum Gasteiger partial charge on any atom is -0.490 e. The molecule has 0 unspecified atom stereocenters. The standard InChI is InChI=1S/C14H20N2O2/c1-10-5-6-12-11(9-10)16(7-8-18-12)13(17)15-14(2,3)4/h5-6,9H,7-8H2,1-4H3,(H,15,17). The summed E-state index contributed by atoms with van der Waals surface area (Å²) in [6, 6.07) is 5.82. The van der Waals surface area contributed by atoms with E-state index >= 15 is 0 Å². The normalized spacial score (nSPS) is 14.8. The van der Waals surface area contributed by atoms with E-state index in [1.54, 1.807) is 4.90 Å². The monoisotopic (exact) mass is 248 g/mol. The Morgan fingerprint density at radius 1 is 1.39 bits per heavy atom. The molecule has 1 aliphatic heterocycles. The fraction of sp³-hybridized carbons (Fsp3) is 0.500. The van der Waals surface area contributed by atoms with Crippen LogP contribution in [0.15, 0.2) is 18.2 Å². The van der Waals surface area contributed by atoms with Crippen molar-refractivity contribution in [1.82, 2.24) is 5.32 Å². The van der Waals surface area contributed by atoms with E-state index in [9.17, 15) is 4.79 Å². The van der Waals surface area contributed by atoms with Gasteiger partial charge in [-0.15, -0.1) is 0 Å². The molecule has 18 heavy (non-hydrogen) atoms. The summed E-state index contributed by atoms with van der Waals surface area (Å²) < 4.78 is 5.57. The topological polar surface area (TPSA) is 41.6 Å². The molecule has 98 valence electrons. The first-order valence-electron chi connectivity index (χ1n) is 6.20. The van der Waals surface area contributed by atoms with Gasteiger partial charge < -0.3 is 10.1 Å². The average Bonchev–Trinajstić information content (AvgIpc) is 2.25. The molecule has 0 bridgehead atoms. The summed E-state index contributed by atoms with van der Waals surface area (Å²) in [4.78, 5) is 14.0. The molecule has 1 heterocycles. The van der Waals surface area contributed by atoms with Crippen LogP contribution in [0.5, 0.6) is 5.75 Å². The van der Waals surface area contributed by atoms with Gasteiger partial charge in [-0.1, -0.05) is 6.07 Å². The van der Waals surface area contributed by atoms with Crippen LogP contribution in [0.1, 0.15) is 26.3 Å². The molecule has 0 saturated heterocycles. The van der Waals surface area contributed by atoms with Gasteiger partial charge in [0.15, 0.2) is 0 Å². The van der Waals surface area contributed by atoms with Gasteiger partial charge >= 0.3 is 6.03 Å². The number of fused-ring (bicyclic) bond motifs is 1. The number of amides is 2. The predicted octanol–water partition coefficient (Wildman–Crippen LogP) is 2.70. The quantitative estimate of drug-likeness (QED) is 0.767. The Kier molecular flexibility index (Phi) is 3.20. The van der Waals surface area contributed by atoms with E-state index in [4.69, 9.17) is 4.74 Å². The van der Waals surface area contributed by atoms with Gasteiger partial charge in [0.05, 0.1) is 12.2 Å². The van der Waals surface area contributed by atoms with E-state index in [1.807, 2.05) is 45.9 Å². The van der Waals surface area contributed by atoms with Crippen LogP contribution in [-0.2, 0) is 0 Å². The molecule has 0 fully saturated rings. The van der Waals surface area contributed by atoms with Crippen LogP contribution in [0, 0.1) is 6.92 Å². The first-order chi connectivity index (χ1) is 8.37. The zero-order valence-corrected chi connectivity index (χ0v) is 11.4. The summed E-state index contributed by atoms with van der Waals surface area (Å²) >= 11 is 0. The highest BCUT2D eigenvalue weighted by Gasteiger charge is 2.26. The number of urea groups is 1. The molecule has 2 amide bonds. The Morgan fingerprint density at radius 3 is 2.78 bits per heavy atom. The van der Waals surface area contributed by atoms with Crippen LogP contribution in [0.4, 0.5) is 10.5 Å². The van der Waals surface area contributed by atoms with Crippen LogP contribution in [0.2, 0.25) is 0 Å². The predicted molar refractivity (Wildman–Crippen MR) is 72.3 cm³/mol. The summed E-state index contributed by atoms with van der Waals surface area (Å²) in [5, 5.41) is 2.98. The van der Waals surface area contributed by atoms with Crippen molar-refractivity contribution in [3.8, 4) is 5.75 Å². The number of carbonyl (C=O) groups is 1. The number of nitrogens with zero attached hydrogens (tertiary/aromatic N) is 1. The van der Waals surface area contributed by atoms with E-state index in [0.29, 0.717) is 13.2 Å². The van der Waals surface area contributed by atoms with Crippen molar-refractivity contribution in [3.63, 3.8) is 0 Å². The van der Waals surface area contributed by atoms with Gasteiger partial charge in [0.1, 0.15) is 12.4 Å². The van der Waals surface area contributed by atoms with Crippen LogP contribution in [0.25, 0.3) is 0 Å². The Hall–Kier alpha value is -1.71. The number of anilines is 1. The zero-order valence-electron chi connectivity index (χ0n) is 11.4. The SMILES string of the molecule is Cc1ccc2c(c1)N(C(=O)NC(C)(C)C)CCO2. The van der Waals surface area contributed by atoms with Gasteiger partial charge in [0, 0.05) is 5.54 Å². The van der Waals surface area contributed by atoms with Crippen LogP contribution < -0.4 is 15.0 Å². The van der Waals surface area contributed by atoms with E-state index < -0.39 is 0 Å². The van der Waals surface area contributed by atoms with Gasteiger partial charge in [0.25, 0.3) is 0 Å². The highest BCUT2D eigenvalue weighted by atomic mass is 16.5. The second kappa shape index (κ2) is 4.52. The van der Waals surface area contributed by atoms with Crippen molar-refractivity contribution in [2.45, 2.75) is 33.2 Å². The molecule has 1 aliphatic rings. The lowest BCUT2D eigenvalue weighted by molar-refractivity contribution is 0.231. The van der Waals surface area contributed by atoms with Gasteiger partial charge in [-0.25, -0.2) is 4.79 Å². The van der Waals surface area contributed by atoms with Crippen molar-refractivity contribution in [2.24, 2.45) is 0 Å². The lowest BCUT2D eigenvalue weighted by atomic mass is 10.1. The molecular formula is C14H20N2O2. The van der Waals surface area contributed by atoms with Gasteiger partial charge in [-0.2, -0.15) is 0 Å². The van der Waals surface area contributed by atoms with Crippen molar-refractivity contribution in [2.75, 3.05) is 18.1 Å². The largest absolute Gasteiger partial charge is 0.490 e. The molecular weight excluding hydrogens is 228 g/mol.